The molecule has 8 heteroatoms. The number of methoxy groups -OCH3 is 2. The van der Waals surface area contributed by atoms with Gasteiger partial charge in [-0.2, -0.15) is 5.26 Å². The average molecular weight is 341 g/mol. The van der Waals surface area contributed by atoms with Gasteiger partial charge in [0.15, 0.2) is 0 Å². The minimum Gasteiger partial charge on any atom is -0.497 e. The van der Waals surface area contributed by atoms with Gasteiger partial charge in [-0.25, -0.2) is 9.67 Å². The van der Waals surface area contributed by atoms with E-state index in [-0.39, 0.29) is 24.3 Å². The molecule has 0 bridgehead atoms. The summed E-state index contributed by atoms with van der Waals surface area (Å²) in [7, 11) is 3.23. The van der Waals surface area contributed by atoms with Gasteiger partial charge in [0, 0.05) is 12.1 Å². The number of aromatic nitrogens is 3. The third-order valence-corrected chi connectivity index (χ3v) is 4.30. The quantitative estimate of drug-likeness (QED) is 0.819. The Bertz CT molecular complexity index is 811. The molecule has 1 amide bonds. The fourth-order valence-corrected chi connectivity index (χ4v) is 3.14. The zero-order chi connectivity index (χ0) is 17.8. The molecule has 0 saturated carbocycles. The second kappa shape index (κ2) is 7.21. The molecule has 8 nitrogen and oxygen atoms in total. The number of ether oxygens (including phenoxy) is 2. The molecule has 0 radical (unpaired) electrons. The fraction of sp³-hybridized carbons (Fsp3) is 0.412. The molecule has 1 aromatic heterocycles. The van der Waals surface area contributed by atoms with Gasteiger partial charge < -0.3 is 14.4 Å². The van der Waals surface area contributed by atoms with E-state index in [1.165, 1.54) is 11.0 Å². The molecule has 3 rings (SSSR count). The van der Waals surface area contributed by atoms with Crippen molar-refractivity contribution in [1.82, 2.24) is 19.7 Å². The van der Waals surface area contributed by atoms with Gasteiger partial charge in [-0.1, -0.05) is 0 Å². The molecule has 0 aliphatic carbocycles. The normalized spacial score (nSPS) is 16.5. The standard InChI is InChI=1S/C17H19N5O3/c1-24-12-5-6-15(25-2)13(8-12)14-4-3-7-22(14)17(23)10-21-11-19-16(9-18)20-21/h5-6,8,11,14H,3-4,7,10H2,1-2H3/t14-/m0/s1. The maximum absolute atomic E-state index is 12.7. The largest absolute Gasteiger partial charge is 0.497 e. The maximum atomic E-state index is 12.7. The molecular weight excluding hydrogens is 322 g/mol. The number of carbonyl (C=O) groups is 1. The van der Waals surface area contributed by atoms with E-state index in [4.69, 9.17) is 14.7 Å². The van der Waals surface area contributed by atoms with E-state index in [9.17, 15) is 4.79 Å². The molecule has 1 fully saturated rings. The van der Waals surface area contributed by atoms with Crippen LogP contribution in [0.2, 0.25) is 0 Å². The van der Waals surface area contributed by atoms with Gasteiger partial charge in [-0.3, -0.25) is 4.79 Å². The van der Waals surface area contributed by atoms with E-state index in [1.54, 1.807) is 14.2 Å². The smallest absolute Gasteiger partial charge is 0.252 e. The van der Waals surface area contributed by atoms with Crippen LogP contribution in [0.25, 0.3) is 0 Å². The number of benzene rings is 1. The molecular formula is C17H19N5O3. The summed E-state index contributed by atoms with van der Waals surface area (Å²) in [6.07, 6.45) is 3.17. The first-order valence-corrected chi connectivity index (χ1v) is 7.97. The Morgan fingerprint density at radius 2 is 2.24 bits per heavy atom. The summed E-state index contributed by atoms with van der Waals surface area (Å²) in [5.41, 5.74) is 0.934. The number of nitriles is 1. The predicted molar refractivity (Wildman–Crippen MR) is 88.0 cm³/mol. The highest BCUT2D eigenvalue weighted by molar-refractivity contribution is 5.77. The summed E-state index contributed by atoms with van der Waals surface area (Å²) >= 11 is 0. The highest BCUT2D eigenvalue weighted by atomic mass is 16.5. The van der Waals surface area contributed by atoms with Gasteiger partial charge in [-0.15, -0.1) is 5.10 Å². The topological polar surface area (TPSA) is 93.3 Å². The highest BCUT2D eigenvalue weighted by Crippen LogP contribution is 2.38. The molecule has 0 spiro atoms. The number of rotatable bonds is 5. The lowest BCUT2D eigenvalue weighted by Crippen LogP contribution is -2.33. The number of nitrogens with zero attached hydrogens (tertiary/aromatic N) is 5. The average Bonchev–Trinajstić information content (AvgIpc) is 3.30. The van der Waals surface area contributed by atoms with Crippen molar-refractivity contribution in [3.8, 4) is 17.6 Å². The monoisotopic (exact) mass is 341 g/mol. The van der Waals surface area contributed by atoms with Crippen LogP contribution in [0.1, 0.15) is 30.3 Å². The van der Waals surface area contributed by atoms with Crippen LogP contribution >= 0.6 is 0 Å². The number of carbonyl (C=O) groups excluding carboxylic acids is 1. The van der Waals surface area contributed by atoms with E-state index < -0.39 is 0 Å². The van der Waals surface area contributed by atoms with Crippen molar-refractivity contribution < 1.29 is 14.3 Å². The number of hydrogen-bond acceptors (Lipinski definition) is 6. The van der Waals surface area contributed by atoms with Crippen molar-refractivity contribution in [1.29, 1.82) is 5.26 Å². The summed E-state index contributed by atoms with van der Waals surface area (Å²) in [5.74, 6) is 1.45. The first kappa shape index (κ1) is 16.8. The Hall–Kier alpha value is -3.08. The molecule has 1 aromatic carbocycles. The molecule has 0 unspecified atom stereocenters. The van der Waals surface area contributed by atoms with Crippen LogP contribution in [-0.2, 0) is 11.3 Å². The number of amides is 1. The van der Waals surface area contributed by atoms with Crippen molar-refractivity contribution in [2.45, 2.75) is 25.4 Å². The Labute approximate surface area is 145 Å². The molecule has 0 N–H and O–H groups in total. The van der Waals surface area contributed by atoms with E-state index in [1.807, 2.05) is 29.2 Å². The first-order valence-electron chi connectivity index (χ1n) is 7.97. The van der Waals surface area contributed by atoms with Crippen LogP contribution in [0.4, 0.5) is 0 Å². The van der Waals surface area contributed by atoms with E-state index >= 15 is 0 Å². The summed E-state index contributed by atoms with van der Waals surface area (Å²) in [4.78, 5) is 18.4. The molecule has 130 valence electrons. The summed E-state index contributed by atoms with van der Waals surface area (Å²) < 4.78 is 12.2. The van der Waals surface area contributed by atoms with Gasteiger partial charge in [0.1, 0.15) is 30.4 Å². The Morgan fingerprint density at radius 3 is 2.92 bits per heavy atom. The zero-order valence-corrected chi connectivity index (χ0v) is 14.2. The van der Waals surface area contributed by atoms with Crippen molar-refractivity contribution in [3.63, 3.8) is 0 Å². The molecule has 1 atom stereocenters. The van der Waals surface area contributed by atoms with Crippen LogP contribution in [0.3, 0.4) is 0 Å². The molecule has 1 saturated heterocycles. The molecule has 1 aliphatic rings. The number of hydrogen-bond donors (Lipinski definition) is 0. The Morgan fingerprint density at radius 1 is 1.40 bits per heavy atom. The predicted octanol–water partition coefficient (Wildman–Crippen LogP) is 1.53. The molecule has 2 heterocycles. The summed E-state index contributed by atoms with van der Waals surface area (Å²) in [6.45, 7) is 0.723. The fourth-order valence-electron chi connectivity index (χ4n) is 3.14. The van der Waals surface area contributed by atoms with Crippen molar-refractivity contribution in [2.24, 2.45) is 0 Å². The lowest BCUT2D eigenvalue weighted by molar-refractivity contribution is -0.133. The van der Waals surface area contributed by atoms with Crippen LogP contribution in [0.15, 0.2) is 24.5 Å². The molecule has 25 heavy (non-hydrogen) atoms. The molecule has 2 aromatic rings. The lowest BCUT2D eigenvalue weighted by atomic mass is 10.0. The Kier molecular flexibility index (Phi) is 4.84. The number of likely N-dealkylation sites (tertiary alicyclic amines) is 1. The van der Waals surface area contributed by atoms with Gasteiger partial charge in [-0.05, 0) is 31.0 Å². The summed E-state index contributed by atoms with van der Waals surface area (Å²) in [5, 5.41) is 12.7. The Balaban J connectivity index is 1.82. The van der Waals surface area contributed by atoms with E-state index in [2.05, 4.69) is 10.1 Å². The van der Waals surface area contributed by atoms with Crippen LogP contribution in [-0.4, -0.2) is 46.3 Å². The van der Waals surface area contributed by atoms with Gasteiger partial charge in [0.2, 0.25) is 5.91 Å². The second-order valence-electron chi connectivity index (χ2n) is 5.73. The minimum absolute atomic E-state index is 0.0530. The van der Waals surface area contributed by atoms with E-state index in [0.29, 0.717) is 6.54 Å². The van der Waals surface area contributed by atoms with Gasteiger partial charge >= 0.3 is 0 Å². The zero-order valence-electron chi connectivity index (χ0n) is 14.2. The lowest BCUT2D eigenvalue weighted by Gasteiger charge is -2.26. The van der Waals surface area contributed by atoms with Gasteiger partial charge in [0.05, 0.1) is 20.3 Å². The SMILES string of the molecule is COc1ccc(OC)c([C@@H]2CCCN2C(=O)Cn2cnc(C#N)n2)c1. The van der Waals surface area contributed by atoms with Crippen molar-refractivity contribution in [2.75, 3.05) is 20.8 Å². The first-order chi connectivity index (χ1) is 12.2. The van der Waals surface area contributed by atoms with Crippen LogP contribution < -0.4 is 9.47 Å². The minimum atomic E-state index is -0.0727. The summed E-state index contributed by atoms with van der Waals surface area (Å²) in [6, 6.07) is 7.38. The highest BCUT2D eigenvalue weighted by Gasteiger charge is 2.32. The van der Waals surface area contributed by atoms with Crippen LogP contribution in [0, 0.1) is 11.3 Å². The van der Waals surface area contributed by atoms with Gasteiger partial charge in [0.25, 0.3) is 5.82 Å². The van der Waals surface area contributed by atoms with Crippen LogP contribution in [0.5, 0.6) is 11.5 Å². The third-order valence-electron chi connectivity index (χ3n) is 4.30. The van der Waals surface area contributed by atoms with Crippen molar-refractivity contribution >= 4 is 5.91 Å². The van der Waals surface area contributed by atoms with Crippen molar-refractivity contribution in [3.05, 3.63) is 35.9 Å². The third kappa shape index (κ3) is 3.40. The second-order valence-corrected chi connectivity index (χ2v) is 5.73. The van der Waals surface area contributed by atoms with E-state index in [0.717, 1.165) is 29.9 Å². The molecule has 1 aliphatic heterocycles. The maximum Gasteiger partial charge on any atom is 0.252 e.